The number of hydrogen-bond acceptors (Lipinski definition) is 5. The monoisotopic (exact) mass is 496 g/mol. The molecule has 1 aromatic carbocycles. The maximum atomic E-state index is 6.46. The van der Waals surface area contributed by atoms with Crippen molar-refractivity contribution in [3.05, 3.63) is 76.8 Å². The highest BCUT2D eigenvalue weighted by Gasteiger charge is 2.41. The second kappa shape index (κ2) is 10.4. The van der Waals surface area contributed by atoms with Crippen molar-refractivity contribution in [1.29, 1.82) is 0 Å². The van der Waals surface area contributed by atoms with E-state index in [0.717, 1.165) is 84.3 Å². The number of hydrogen-bond donors (Lipinski definition) is 1. The van der Waals surface area contributed by atoms with Gasteiger partial charge in [0.25, 0.3) is 0 Å². The number of aromatic nitrogens is 1. The average Bonchev–Trinajstić information content (AvgIpc) is 3.47. The third-order valence-electron chi connectivity index (χ3n) is 6.63. The van der Waals surface area contributed by atoms with Gasteiger partial charge < -0.3 is 19.4 Å². The van der Waals surface area contributed by atoms with E-state index in [1.165, 1.54) is 0 Å². The molecule has 5 rings (SSSR count). The summed E-state index contributed by atoms with van der Waals surface area (Å²) in [5.41, 5.74) is 2.96. The number of morpholine rings is 1. The predicted octanol–water partition coefficient (Wildman–Crippen LogP) is 5.00. The van der Waals surface area contributed by atoms with E-state index in [0.29, 0.717) is 0 Å². The molecule has 34 heavy (non-hydrogen) atoms. The molecule has 0 saturated carbocycles. The fourth-order valence-corrected chi connectivity index (χ4v) is 5.28. The summed E-state index contributed by atoms with van der Waals surface area (Å²) in [6.45, 7) is 7.48. The number of pyridine rings is 1. The van der Waals surface area contributed by atoms with Crippen LogP contribution >= 0.6 is 23.8 Å². The lowest BCUT2D eigenvalue weighted by Gasteiger charge is -2.29. The second-order valence-electron chi connectivity index (χ2n) is 8.74. The fraction of sp³-hybridized carbons (Fsp3) is 0.385. The van der Waals surface area contributed by atoms with Crippen LogP contribution < -0.4 is 5.32 Å². The standard InChI is InChI=1S/C26H29ClN4O2S/c1-18-19(6-4-7-20(18)27)22-9-10-23(33-22)25-24(21-8-2-3-11-28-21)29-26(34)31(25)13-5-12-30-14-16-32-17-15-30/h2-4,6-11,24-25H,5,12-17H2,1H3,(H,29,34)/t24-,25+/m0/s1. The van der Waals surface area contributed by atoms with E-state index in [1.807, 2.05) is 55.6 Å². The Morgan fingerprint density at radius 1 is 1.09 bits per heavy atom. The first kappa shape index (κ1) is 23.3. The van der Waals surface area contributed by atoms with Gasteiger partial charge in [0, 0.05) is 43.0 Å². The molecule has 3 aromatic rings. The van der Waals surface area contributed by atoms with E-state index in [-0.39, 0.29) is 12.1 Å². The Morgan fingerprint density at radius 3 is 2.74 bits per heavy atom. The molecule has 0 aliphatic carbocycles. The smallest absolute Gasteiger partial charge is 0.170 e. The quantitative estimate of drug-likeness (QED) is 0.462. The van der Waals surface area contributed by atoms with Crippen molar-refractivity contribution in [3.63, 3.8) is 0 Å². The summed E-state index contributed by atoms with van der Waals surface area (Å²) < 4.78 is 11.9. The molecule has 2 aliphatic rings. The van der Waals surface area contributed by atoms with Gasteiger partial charge >= 0.3 is 0 Å². The zero-order valence-corrected chi connectivity index (χ0v) is 20.8. The van der Waals surface area contributed by atoms with E-state index in [2.05, 4.69) is 26.2 Å². The second-order valence-corrected chi connectivity index (χ2v) is 9.54. The first-order chi connectivity index (χ1) is 16.6. The van der Waals surface area contributed by atoms with Crippen molar-refractivity contribution in [2.24, 2.45) is 0 Å². The van der Waals surface area contributed by atoms with Crippen LogP contribution in [-0.4, -0.2) is 59.3 Å². The minimum atomic E-state index is -0.0865. The van der Waals surface area contributed by atoms with Crippen LogP contribution in [0, 0.1) is 6.92 Å². The molecular weight excluding hydrogens is 468 g/mol. The summed E-state index contributed by atoms with van der Waals surface area (Å²) in [5.74, 6) is 1.67. The highest BCUT2D eigenvalue weighted by atomic mass is 35.5. The third kappa shape index (κ3) is 4.84. The molecular formula is C26H29ClN4O2S. The largest absolute Gasteiger partial charge is 0.459 e. The summed E-state index contributed by atoms with van der Waals surface area (Å²) in [6, 6.07) is 15.8. The molecule has 4 heterocycles. The lowest BCUT2D eigenvalue weighted by atomic mass is 10.0. The molecule has 2 saturated heterocycles. The van der Waals surface area contributed by atoms with Gasteiger partial charge in [0.2, 0.25) is 0 Å². The molecule has 2 aliphatic heterocycles. The van der Waals surface area contributed by atoms with E-state index in [4.69, 9.17) is 33.0 Å². The van der Waals surface area contributed by atoms with E-state index >= 15 is 0 Å². The normalized spacial score (nSPS) is 21.1. The van der Waals surface area contributed by atoms with Crippen molar-refractivity contribution in [2.75, 3.05) is 39.4 Å². The Hall–Kier alpha value is -2.45. The number of benzene rings is 1. The highest BCUT2D eigenvalue weighted by Crippen LogP contribution is 2.41. The molecule has 0 amide bonds. The van der Waals surface area contributed by atoms with Gasteiger partial charge in [0.1, 0.15) is 17.6 Å². The van der Waals surface area contributed by atoms with Crippen LogP contribution in [0.25, 0.3) is 11.3 Å². The van der Waals surface area contributed by atoms with E-state index < -0.39 is 0 Å². The molecule has 0 spiro atoms. The first-order valence-corrected chi connectivity index (χ1v) is 12.5. The Balaban J connectivity index is 1.41. The number of nitrogens with zero attached hydrogens (tertiary/aromatic N) is 3. The molecule has 178 valence electrons. The molecule has 0 radical (unpaired) electrons. The van der Waals surface area contributed by atoms with Crippen LogP contribution in [-0.2, 0) is 4.74 Å². The molecule has 1 N–H and O–H groups in total. The first-order valence-electron chi connectivity index (χ1n) is 11.7. The summed E-state index contributed by atoms with van der Waals surface area (Å²) in [6.07, 6.45) is 2.83. The van der Waals surface area contributed by atoms with Crippen molar-refractivity contribution >= 4 is 28.9 Å². The molecule has 2 aromatic heterocycles. The molecule has 2 fully saturated rings. The van der Waals surface area contributed by atoms with Crippen molar-refractivity contribution in [2.45, 2.75) is 25.4 Å². The Kier molecular flexibility index (Phi) is 7.15. The minimum Gasteiger partial charge on any atom is -0.459 e. The lowest BCUT2D eigenvalue weighted by molar-refractivity contribution is 0.0365. The molecule has 8 heteroatoms. The maximum absolute atomic E-state index is 6.46. The summed E-state index contributed by atoms with van der Waals surface area (Å²) >= 11 is 12.2. The highest BCUT2D eigenvalue weighted by molar-refractivity contribution is 7.80. The minimum absolute atomic E-state index is 0.0830. The number of ether oxygens (including phenoxy) is 1. The van der Waals surface area contributed by atoms with E-state index in [9.17, 15) is 0 Å². The predicted molar refractivity (Wildman–Crippen MR) is 138 cm³/mol. The van der Waals surface area contributed by atoms with Crippen molar-refractivity contribution in [1.82, 2.24) is 20.1 Å². The van der Waals surface area contributed by atoms with Crippen LogP contribution in [0.1, 0.15) is 35.5 Å². The number of halogens is 1. The van der Waals surface area contributed by atoms with Crippen LogP contribution in [0.3, 0.4) is 0 Å². The van der Waals surface area contributed by atoms with Crippen molar-refractivity contribution in [3.8, 4) is 11.3 Å². The number of furan rings is 1. The van der Waals surface area contributed by atoms with Crippen LogP contribution in [0.4, 0.5) is 0 Å². The van der Waals surface area contributed by atoms with Gasteiger partial charge in [-0.1, -0.05) is 29.8 Å². The third-order valence-corrected chi connectivity index (χ3v) is 7.39. The number of thiocarbonyl (C=S) groups is 1. The van der Waals surface area contributed by atoms with Gasteiger partial charge in [-0.05, 0) is 61.5 Å². The van der Waals surface area contributed by atoms with E-state index in [1.54, 1.807) is 0 Å². The fourth-order valence-electron chi connectivity index (χ4n) is 4.78. The maximum Gasteiger partial charge on any atom is 0.170 e. The summed E-state index contributed by atoms with van der Waals surface area (Å²) in [5, 5.41) is 4.97. The Morgan fingerprint density at radius 2 is 1.94 bits per heavy atom. The molecule has 0 bridgehead atoms. The zero-order chi connectivity index (χ0) is 23.5. The SMILES string of the molecule is Cc1c(Cl)cccc1-c1ccc([C@@H]2[C@H](c3ccccn3)NC(=S)N2CCCN2CCOCC2)o1. The van der Waals surface area contributed by atoms with Crippen molar-refractivity contribution < 1.29 is 9.15 Å². The lowest BCUT2D eigenvalue weighted by Crippen LogP contribution is -2.38. The zero-order valence-electron chi connectivity index (χ0n) is 19.2. The van der Waals surface area contributed by atoms with Gasteiger partial charge in [0.05, 0.1) is 24.9 Å². The van der Waals surface area contributed by atoms with Gasteiger partial charge in [-0.25, -0.2) is 0 Å². The van der Waals surface area contributed by atoms with Crippen LogP contribution in [0.15, 0.2) is 59.1 Å². The van der Waals surface area contributed by atoms with Crippen LogP contribution in [0.5, 0.6) is 0 Å². The molecule has 6 nitrogen and oxygen atoms in total. The molecule has 0 unspecified atom stereocenters. The summed E-state index contributed by atoms with van der Waals surface area (Å²) in [7, 11) is 0. The summed E-state index contributed by atoms with van der Waals surface area (Å²) in [4.78, 5) is 9.32. The van der Waals surface area contributed by atoms with Gasteiger partial charge in [-0.3, -0.25) is 9.88 Å². The van der Waals surface area contributed by atoms with Crippen LogP contribution in [0.2, 0.25) is 5.02 Å². The number of rotatable bonds is 7. The average molecular weight is 497 g/mol. The number of nitrogens with one attached hydrogen (secondary N) is 1. The van der Waals surface area contributed by atoms with Gasteiger partial charge in [0.15, 0.2) is 5.11 Å². The topological polar surface area (TPSA) is 53.8 Å². The van der Waals surface area contributed by atoms with Gasteiger partial charge in [-0.15, -0.1) is 0 Å². The molecule has 2 atom stereocenters. The Labute approximate surface area is 210 Å². The Bertz CT molecular complexity index is 1130. The van der Waals surface area contributed by atoms with Gasteiger partial charge in [-0.2, -0.15) is 0 Å².